The Hall–Kier alpha value is -1.33. The molecule has 5 nitrogen and oxygen atoms in total. The van der Waals surface area contributed by atoms with Gasteiger partial charge in [0.25, 0.3) is 0 Å². The molecule has 4 aliphatic heterocycles. The van der Waals surface area contributed by atoms with E-state index >= 15 is 0 Å². The van der Waals surface area contributed by atoms with Gasteiger partial charge in [0.1, 0.15) is 6.17 Å². The van der Waals surface area contributed by atoms with E-state index in [0.29, 0.717) is 11.9 Å². The maximum Gasteiger partial charge on any atom is 0.230 e. The van der Waals surface area contributed by atoms with E-state index in [0.717, 1.165) is 65.0 Å². The van der Waals surface area contributed by atoms with Crippen LogP contribution in [0, 0.1) is 5.41 Å². The molecule has 1 amide bonds. The number of nitrogens with zero attached hydrogens (tertiary/aromatic N) is 2. The topological polar surface area (TPSA) is 44.8 Å². The first-order chi connectivity index (χ1) is 11.7. The Morgan fingerprint density at radius 2 is 2.08 bits per heavy atom. The van der Waals surface area contributed by atoms with Crippen LogP contribution in [0.2, 0.25) is 0 Å². The van der Waals surface area contributed by atoms with Gasteiger partial charge < -0.3 is 15.0 Å². The maximum absolute atomic E-state index is 13.3. The van der Waals surface area contributed by atoms with Crippen molar-refractivity contribution in [3.63, 3.8) is 0 Å². The normalized spacial score (nSPS) is 35.4. The van der Waals surface area contributed by atoms with Crippen molar-refractivity contribution < 1.29 is 9.53 Å². The molecule has 4 heterocycles. The van der Waals surface area contributed by atoms with Crippen LogP contribution in [-0.4, -0.2) is 60.8 Å². The molecule has 2 atom stereocenters. The van der Waals surface area contributed by atoms with E-state index in [1.165, 1.54) is 5.57 Å². The highest BCUT2D eigenvalue weighted by molar-refractivity contribution is 5.85. The molecular weight excluding hydrogens is 302 g/mol. The fourth-order valence-electron chi connectivity index (χ4n) is 4.92. The number of amides is 1. The fourth-order valence-corrected chi connectivity index (χ4v) is 4.92. The van der Waals surface area contributed by atoms with E-state index in [1.54, 1.807) is 0 Å². The highest BCUT2D eigenvalue weighted by Crippen LogP contribution is 2.42. The molecule has 0 saturated carbocycles. The summed E-state index contributed by atoms with van der Waals surface area (Å²) in [6, 6.07) is 0.401. The minimum absolute atomic E-state index is 0.153. The quantitative estimate of drug-likeness (QED) is 0.839. The number of carbonyl (C=O) groups excluding carboxylic acids is 1. The Morgan fingerprint density at radius 3 is 2.88 bits per heavy atom. The lowest BCUT2D eigenvalue weighted by Crippen LogP contribution is -2.55. The van der Waals surface area contributed by atoms with Gasteiger partial charge in [0, 0.05) is 38.9 Å². The van der Waals surface area contributed by atoms with Crippen molar-refractivity contribution >= 4 is 5.91 Å². The second-order valence-electron chi connectivity index (χ2n) is 7.79. The van der Waals surface area contributed by atoms with Gasteiger partial charge in [0.2, 0.25) is 5.91 Å². The molecule has 0 aliphatic carbocycles. The first-order valence-corrected chi connectivity index (χ1v) is 9.42. The molecule has 24 heavy (non-hydrogen) atoms. The van der Waals surface area contributed by atoms with E-state index in [1.807, 2.05) is 6.20 Å². The first kappa shape index (κ1) is 16.2. The van der Waals surface area contributed by atoms with Crippen molar-refractivity contribution in [1.82, 2.24) is 15.1 Å². The van der Waals surface area contributed by atoms with Crippen LogP contribution in [0.1, 0.15) is 39.0 Å². The molecule has 0 bridgehead atoms. The number of hydrogen-bond acceptors (Lipinski definition) is 4. The molecule has 0 aromatic carbocycles. The van der Waals surface area contributed by atoms with Crippen molar-refractivity contribution in [2.75, 3.05) is 32.8 Å². The molecule has 5 heteroatoms. The van der Waals surface area contributed by atoms with E-state index in [2.05, 4.69) is 34.2 Å². The molecule has 1 spiro atoms. The van der Waals surface area contributed by atoms with Gasteiger partial charge in [0.05, 0.1) is 5.41 Å². The second-order valence-corrected chi connectivity index (χ2v) is 7.79. The number of allylic oxidation sites excluding steroid dienone is 2. The van der Waals surface area contributed by atoms with Crippen molar-refractivity contribution in [3.05, 3.63) is 23.9 Å². The average molecular weight is 331 g/mol. The lowest BCUT2D eigenvalue weighted by molar-refractivity contribution is -0.142. The van der Waals surface area contributed by atoms with Crippen molar-refractivity contribution in [3.8, 4) is 0 Å². The van der Waals surface area contributed by atoms with Crippen LogP contribution < -0.4 is 5.32 Å². The van der Waals surface area contributed by atoms with Crippen molar-refractivity contribution in [2.24, 2.45) is 5.41 Å². The number of rotatable bonds is 2. The summed E-state index contributed by atoms with van der Waals surface area (Å²) in [5.41, 5.74) is 1.18. The van der Waals surface area contributed by atoms with Gasteiger partial charge >= 0.3 is 0 Å². The molecule has 0 aromatic rings. The number of dihydropyridines is 1. The van der Waals surface area contributed by atoms with Crippen LogP contribution in [0.3, 0.4) is 0 Å². The van der Waals surface area contributed by atoms with Crippen LogP contribution in [0.4, 0.5) is 0 Å². The smallest absolute Gasteiger partial charge is 0.230 e. The first-order valence-electron chi connectivity index (χ1n) is 9.42. The second kappa shape index (κ2) is 6.52. The van der Waals surface area contributed by atoms with Gasteiger partial charge in [-0.2, -0.15) is 0 Å². The SMILES string of the molecule is CC1=CC=CNC1N1CCC[C@@]2(CCN(C3CCOCC3)C2=O)C1. The molecule has 4 rings (SSSR count). The largest absolute Gasteiger partial charge is 0.381 e. The summed E-state index contributed by atoms with van der Waals surface area (Å²) in [5.74, 6) is 0.409. The molecule has 1 unspecified atom stereocenters. The van der Waals surface area contributed by atoms with Crippen LogP contribution in [0.25, 0.3) is 0 Å². The predicted octanol–water partition coefficient (Wildman–Crippen LogP) is 1.87. The Labute approximate surface area is 144 Å². The fraction of sp³-hybridized carbons (Fsp3) is 0.737. The van der Waals surface area contributed by atoms with E-state index < -0.39 is 0 Å². The monoisotopic (exact) mass is 331 g/mol. The number of piperidine rings is 1. The number of hydrogen-bond donors (Lipinski definition) is 1. The van der Waals surface area contributed by atoms with E-state index in [4.69, 9.17) is 4.74 Å². The number of ether oxygens (including phenoxy) is 1. The van der Waals surface area contributed by atoms with Gasteiger partial charge in [0.15, 0.2) is 0 Å². The molecule has 4 aliphatic rings. The number of nitrogens with one attached hydrogen (secondary N) is 1. The zero-order valence-corrected chi connectivity index (χ0v) is 14.7. The summed E-state index contributed by atoms with van der Waals surface area (Å²) < 4.78 is 5.47. The minimum atomic E-state index is -0.153. The van der Waals surface area contributed by atoms with E-state index in [9.17, 15) is 4.79 Å². The molecule has 3 fully saturated rings. The molecular formula is C19H29N3O2. The Morgan fingerprint density at radius 1 is 1.25 bits per heavy atom. The van der Waals surface area contributed by atoms with E-state index in [-0.39, 0.29) is 11.6 Å². The lowest BCUT2D eigenvalue weighted by Gasteiger charge is -2.44. The Bertz CT molecular complexity index is 553. The zero-order valence-electron chi connectivity index (χ0n) is 14.7. The Balaban J connectivity index is 1.47. The van der Waals surface area contributed by atoms with Gasteiger partial charge in [-0.15, -0.1) is 0 Å². The standard InChI is InChI=1S/C19H29N3O2/c1-15-4-2-9-20-17(15)21-10-3-7-19(14-21)8-11-22(18(19)23)16-5-12-24-13-6-16/h2,4,9,16-17,20H,3,5-8,10-14H2,1H3/t17?,19-/m1/s1. The number of likely N-dealkylation sites (tertiary alicyclic amines) is 2. The van der Waals surface area contributed by atoms with Crippen molar-refractivity contribution in [1.29, 1.82) is 0 Å². The highest BCUT2D eigenvalue weighted by atomic mass is 16.5. The summed E-state index contributed by atoms with van der Waals surface area (Å²) in [6.07, 6.45) is 11.7. The predicted molar refractivity (Wildman–Crippen MR) is 93.2 cm³/mol. The van der Waals surface area contributed by atoms with Crippen LogP contribution >= 0.6 is 0 Å². The zero-order chi connectivity index (χ0) is 16.6. The highest BCUT2D eigenvalue weighted by Gasteiger charge is 2.51. The average Bonchev–Trinajstić information content (AvgIpc) is 2.92. The molecule has 1 N–H and O–H groups in total. The number of carbonyl (C=O) groups is 1. The molecule has 3 saturated heterocycles. The Kier molecular flexibility index (Phi) is 4.39. The van der Waals surface area contributed by atoms with Gasteiger partial charge in [-0.25, -0.2) is 0 Å². The summed E-state index contributed by atoms with van der Waals surface area (Å²) in [4.78, 5) is 18.0. The summed E-state index contributed by atoms with van der Waals surface area (Å²) in [6.45, 7) is 6.68. The van der Waals surface area contributed by atoms with Gasteiger partial charge in [-0.3, -0.25) is 9.69 Å². The molecule has 132 valence electrons. The van der Waals surface area contributed by atoms with Crippen LogP contribution in [0.5, 0.6) is 0 Å². The maximum atomic E-state index is 13.3. The third-order valence-electron chi connectivity index (χ3n) is 6.29. The van der Waals surface area contributed by atoms with Gasteiger partial charge in [-0.1, -0.05) is 6.08 Å². The van der Waals surface area contributed by atoms with Crippen LogP contribution in [0.15, 0.2) is 23.9 Å². The molecule has 0 aromatic heterocycles. The summed E-state index contributed by atoms with van der Waals surface area (Å²) in [5, 5.41) is 3.47. The van der Waals surface area contributed by atoms with Gasteiger partial charge in [-0.05, 0) is 56.9 Å². The van der Waals surface area contributed by atoms with Crippen molar-refractivity contribution in [2.45, 2.75) is 51.2 Å². The third-order valence-corrected chi connectivity index (χ3v) is 6.29. The molecule has 0 radical (unpaired) electrons. The summed E-state index contributed by atoms with van der Waals surface area (Å²) in [7, 11) is 0. The van der Waals surface area contributed by atoms with Crippen LogP contribution in [-0.2, 0) is 9.53 Å². The lowest BCUT2D eigenvalue weighted by atomic mass is 9.78. The minimum Gasteiger partial charge on any atom is -0.381 e. The third kappa shape index (κ3) is 2.78. The summed E-state index contributed by atoms with van der Waals surface area (Å²) >= 11 is 0.